The third kappa shape index (κ3) is 3.72. The van der Waals surface area contributed by atoms with Crippen molar-refractivity contribution >= 4 is 43.2 Å². The highest BCUT2D eigenvalue weighted by atomic mass is 32.2. The second-order valence-electron chi connectivity index (χ2n) is 8.82. The number of carbonyl (C=O) groups excluding carboxylic acids is 1. The molecule has 0 saturated heterocycles. The fourth-order valence-corrected chi connectivity index (χ4v) is 4.97. The van der Waals surface area contributed by atoms with Gasteiger partial charge in [0, 0.05) is 16.2 Å². The van der Waals surface area contributed by atoms with Gasteiger partial charge < -0.3 is 4.42 Å². The zero-order valence-electron chi connectivity index (χ0n) is 18.2. The summed E-state index contributed by atoms with van der Waals surface area (Å²) in [5.41, 5.74) is 2.44. The SMILES string of the molecule is CC(=O)c1c(C)oc2c1cc(NS(=O)(=O)c1ccc(C(C)(C)C)cc1)c1ccccc12. The van der Waals surface area contributed by atoms with Crippen molar-refractivity contribution in [3.63, 3.8) is 0 Å². The highest BCUT2D eigenvalue weighted by Gasteiger charge is 2.22. The smallest absolute Gasteiger partial charge is 0.261 e. The Morgan fingerprint density at radius 2 is 1.55 bits per heavy atom. The van der Waals surface area contributed by atoms with Gasteiger partial charge in [-0.1, -0.05) is 57.2 Å². The highest BCUT2D eigenvalue weighted by Crippen LogP contribution is 2.37. The van der Waals surface area contributed by atoms with Gasteiger partial charge in [0.15, 0.2) is 5.78 Å². The standard InChI is InChI=1S/C25H25NO4S/c1-15(27)23-16(2)30-24-20-9-7-6-8-19(20)22(14-21(23)24)26-31(28,29)18-12-10-17(11-13-18)25(3,4)5/h6-14,26H,1-5H3. The number of anilines is 1. The summed E-state index contributed by atoms with van der Waals surface area (Å²) < 4.78 is 34.9. The second-order valence-corrected chi connectivity index (χ2v) is 10.5. The average Bonchev–Trinajstić information content (AvgIpc) is 3.03. The van der Waals surface area contributed by atoms with E-state index in [0.29, 0.717) is 33.4 Å². The van der Waals surface area contributed by atoms with Crippen LogP contribution in [0.25, 0.3) is 21.7 Å². The first-order valence-corrected chi connectivity index (χ1v) is 11.6. The Hall–Kier alpha value is -3.12. The normalized spacial score (nSPS) is 12.4. The molecule has 1 N–H and O–H groups in total. The van der Waals surface area contributed by atoms with Crippen LogP contribution in [0.4, 0.5) is 5.69 Å². The highest BCUT2D eigenvalue weighted by molar-refractivity contribution is 7.92. The summed E-state index contributed by atoms with van der Waals surface area (Å²) >= 11 is 0. The fraction of sp³-hybridized carbons (Fsp3) is 0.240. The van der Waals surface area contributed by atoms with E-state index in [2.05, 4.69) is 25.5 Å². The molecule has 1 aromatic heterocycles. The van der Waals surface area contributed by atoms with Gasteiger partial charge in [0.05, 0.1) is 16.1 Å². The Balaban J connectivity index is 1.87. The van der Waals surface area contributed by atoms with Crippen molar-refractivity contribution in [2.24, 2.45) is 0 Å². The van der Waals surface area contributed by atoms with Crippen LogP contribution in [0.1, 0.15) is 49.4 Å². The van der Waals surface area contributed by atoms with Gasteiger partial charge >= 0.3 is 0 Å². The van der Waals surface area contributed by atoms with E-state index in [1.807, 2.05) is 36.4 Å². The fourth-order valence-electron chi connectivity index (χ4n) is 3.90. The lowest BCUT2D eigenvalue weighted by atomic mass is 9.87. The van der Waals surface area contributed by atoms with Crippen molar-refractivity contribution < 1.29 is 17.6 Å². The van der Waals surface area contributed by atoms with Gasteiger partial charge in [-0.15, -0.1) is 0 Å². The van der Waals surface area contributed by atoms with Gasteiger partial charge in [0.2, 0.25) is 0 Å². The number of Topliss-reactive ketones (excluding diaryl/α,β-unsaturated/α-hetero) is 1. The molecular weight excluding hydrogens is 410 g/mol. The maximum atomic E-state index is 13.2. The number of aryl methyl sites for hydroxylation is 1. The molecule has 1 heterocycles. The average molecular weight is 436 g/mol. The van der Waals surface area contributed by atoms with Crippen LogP contribution in [0.15, 0.2) is 63.9 Å². The molecule has 160 valence electrons. The van der Waals surface area contributed by atoms with Crippen LogP contribution in [0.5, 0.6) is 0 Å². The first kappa shape index (κ1) is 21.1. The Labute approximate surface area is 182 Å². The van der Waals surface area contributed by atoms with E-state index in [4.69, 9.17) is 4.42 Å². The van der Waals surface area contributed by atoms with Crippen molar-refractivity contribution in [2.45, 2.75) is 44.9 Å². The largest absolute Gasteiger partial charge is 0.460 e. The van der Waals surface area contributed by atoms with Crippen molar-refractivity contribution in [3.8, 4) is 0 Å². The van der Waals surface area contributed by atoms with Crippen LogP contribution in [0.2, 0.25) is 0 Å². The lowest BCUT2D eigenvalue weighted by Gasteiger charge is -2.19. The molecule has 0 saturated carbocycles. The zero-order chi connectivity index (χ0) is 22.6. The molecule has 0 amide bonds. The third-order valence-corrected chi connectivity index (χ3v) is 6.88. The lowest BCUT2D eigenvalue weighted by Crippen LogP contribution is -2.15. The molecule has 0 radical (unpaired) electrons. The van der Waals surface area contributed by atoms with E-state index < -0.39 is 10.0 Å². The van der Waals surface area contributed by atoms with Crippen LogP contribution in [0.3, 0.4) is 0 Å². The predicted octanol–water partition coefficient (Wildman–Crippen LogP) is 6.20. The van der Waals surface area contributed by atoms with E-state index in [9.17, 15) is 13.2 Å². The topological polar surface area (TPSA) is 76.4 Å². The Morgan fingerprint density at radius 1 is 0.935 bits per heavy atom. The van der Waals surface area contributed by atoms with Crippen molar-refractivity contribution in [2.75, 3.05) is 4.72 Å². The second kappa shape index (κ2) is 7.24. The third-order valence-electron chi connectivity index (χ3n) is 5.50. The van der Waals surface area contributed by atoms with E-state index in [0.717, 1.165) is 10.9 Å². The minimum atomic E-state index is -3.83. The molecule has 0 bridgehead atoms. The summed E-state index contributed by atoms with van der Waals surface area (Å²) in [7, 11) is -3.83. The number of hydrogen-bond acceptors (Lipinski definition) is 4. The molecule has 31 heavy (non-hydrogen) atoms. The summed E-state index contributed by atoms with van der Waals surface area (Å²) in [6, 6.07) is 16.0. The first-order valence-electron chi connectivity index (χ1n) is 10.1. The summed E-state index contributed by atoms with van der Waals surface area (Å²) in [5, 5.41) is 2.05. The monoisotopic (exact) mass is 435 g/mol. The van der Waals surface area contributed by atoms with Crippen molar-refractivity contribution in [1.82, 2.24) is 0 Å². The minimum absolute atomic E-state index is 0.0702. The molecule has 0 fully saturated rings. The molecule has 0 spiro atoms. The van der Waals surface area contributed by atoms with Gasteiger partial charge in [-0.25, -0.2) is 8.42 Å². The molecule has 4 aromatic rings. The molecule has 4 rings (SSSR count). The number of furan rings is 1. The summed E-state index contributed by atoms with van der Waals surface area (Å²) in [6.45, 7) is 9.46. The maximum Gasteiger partial charge on any atom is 0.261 e. The lowest BCUT2D eigenvalue weighted by molar-refractivity contribution is 0.101. The van der Waals surface area contributed by atoms with Gasteiger partial charge in [-0.05, 0) is 43.0 Å². The Bertz CT molecular complexity index is 1420. The van der Waals surface area contributed by atoms with E-state index >= 15 is 0 Å². The van der Waals surface area contributed by atoms with E-state index in [1.165, 1.54) is 6.92 Å². The number of fused-ring (bicyclic) bond motifs is 3. The molecule has 0 atom stereocenters. The van der Waals surface area contributed by atoms with Gasteiger partial charge in [0.25, 0.3) is 10.0 Å². The Morgan fingerprint density at radius 3 is 2.13 bits per heavy atom. The van der Waals surface area contributed by atoms with E-state index in [1.54, 1.807) is 25.1 Å². The van der Waals surface area contributed by atoms with Crippen molar-refractivity contribution in [1.29, 1.82) is 0 Å². The van der Waals surface area contributed by atoms with Gasteiger partial charge in [0.1, 0.15) is 11.3 Å². The summed E-state index contributed by atoms with van der Waals surface area (Å²) in [4.78, 5) is 12.4. The van der Waals surface area contributed by atoms with Crippen LogP contribution >= 0.6 is 0 Å². The quantitative estimate of drug-likeness (QED) is 0.388. The number of rotatable bonds is 4. The molecular formula is C25H25NO4S. The minimum Gasteiger partial charge on any atom is -0.460 e. The molecule has 6 heteroatoms. The van der Waals surface area contributed by atoms with E-state index in [-0.39, 0.29) is 16.1 Å². The number of benzene rings is 3. The van der Waals surface area contributed by atoms with Crippen molar-refractivity contribution in [3.05, 3.63) is 71.5 Å². The summed E-state index contributed by atoms with van der Waals surface area (Å²) in [5.74, 6) is 0.392. The molecule has 0 aliphatic rings. The number of nitrogens with one attached hydrogen (secondary N) is 1. The number of sulfonamides is 1. The molecule has 0 unspecified atom stereocenters. The van der Waals surface area contributed by atoms with Gasteiger partial charge in [-0.2, -0.15) is 0 Å². The van der Waals surface area contributed by atoms with Crippen LogP contribution < -0.4 is 4.72 Å². The van der Waals surface area contributed by atoms with Crippen LogP contribution in [-0.2, 0) is 15.4 Å². The van der Waals surface area contributed by atoms with Gasteiger partial charge in [-0.3, -0.25) is 9.52 Å². The molecule has 3 aromatic carbocycles. The molecule has 0 aliphatic carbocycles. The van der Waals surface area contributed by atoms with Crippen LogP contribution in [0, 0.1) is 6.92 Å². The maximum absolute atomic E-state index is 13.2. The molecule has 5 nitrogen and oxygen atoms in total. The predicted molar refractivity (Wildman–Crippen MR) is 124 cm³/mol. The number of hydrogen-bond donors (Lipinski definition) is 1. The number of carbonyl (C=O) groups is 1. The zero-order valence-corrected chi connectivity index (χ0v) is 19.1. The number of ketones is 1. The Kier molecular flexibility index (Phi) is 4.93. The van der Waals surface area contributed by atoms with Crippen LogP contribution in [-0.4, -0.2) is 14.2 Å². The molecule has 0 aliphatic heterocycles. The summed E-state index contributed by atoms with van der Waals surface area (Å²) in [6.07, 6.45) is 0. The first-order chi connectivity index (χ1) is 14.5.